The molecule has 112 valence electrons. The van der Waals surface area contributed by atoms with Crippen molar-refractivity contribution in [3.63, 3.8) is 0 Å². The SMILES string of the molecule is COc1ccc(S(=O)(=O)Nc2cc(C)cc(C)c2)cc1Br. The monoisotopic (exact) mass is 369 g/mol. The largest absolute Gasteiger partial charge is 0.496 e. The molecule has 2 aromatic carbocycles. The van der Waals surface area contributed by atoms with Crippen molar-refractivity contribution >= 4 is 31.6 Å². The zero-order valence-corrected chi connectivity index (χ0v) is 14.4. The molecular formula is C15H16BrNO3S. The van der Waals surface area contributed by atoms with Crippen LogP contribution in [0.3, 0.4) is 0 Å². The minimum absolute atomic E-state index is 0.175. The van der Waals surface area contributed by atoms with Gasteiger partial charge < -0.3 is 4.74 Å². The van der Waals surface area contributed by atoms with Crippen LogP contribution in [0.2, 0.25) is 0 Å². The Hall–Kier alpha value is -1.53. The molecular weight excluding hydrogens is 354 g/mol. The average molecular weight is 370 g/mol. The molecule has 0 saturated heterocycles. The molecule has 21 heavy (non-hydrogen) atoms. The first-order valence-corrected chi connectivity index (χ1v) is 8.54. The normalized spacial score (nSPS) is 11.2. The molecule has 4 nitrogen and oxygen atoms in total. The third-order valence-electron chi connectivity index (χ3n) is 2.91. The molecule has 1 N–H and O–H groups in total. The summed E-state index contributed by atoms with van der Waals surface area (Å²) >= 11 is 3.29. The number of hydrogen-bond acceptors (Lipinski definition) is 3. The Kier molecular flexibility index (Phi) is 4.58. The maximum absolute atomic E-state index is 12.4. The van der Waals surface area contributed by atoms with Crippen molar-refractivity contribution in [2.24, 2.45) is 0 Å². The quantitative estimate of drug-likeness (QED) is 0.889. The van der Waals surface area contributed by atoms with Crippen molar-refractivity contribution in [2.45, 2.75) is 18.7 Å². The van der Waals surface area contributed by atoms with E-state index >= 15 is 0 Å². The molecule has 0 aromatic heterocycles. The van der Waals surface area contributed by atoms with Crippen molar-refractivity contribution in [1.29, 1.82) is 0 Å². The van der Waals surface area contributed by atoms with Crippen molar-refractivity contribution in [3.8, 4) is 5.75 Å². The first-order chi connectivity index (χ1) is 9.81. The summed E-state index contributed by atoms with van der Waals surface area (Å²) in [5.41, 5.74) is 2.56. The predicted octanol–water partition coefficient (Wildman–Crippen LogP) is 3.88. The fourth-order valence-electron chi connectivity index (χ4n) is 2.06. The predicted molar refractivity (Wildman–Crippen MR) is 87.4 cm³/mol. The fraction of sp³-hybridized carbons (Fsp3) is 0.200. The minimum atomic E-state index is -3.63. The van der Waals surface area contributed by atoms with Gasteiger partial charge in [0.2, 0.25) is 0 Å². The fourth-order valence-corrected chi connectivity index (χ4v) is 3.82. The van der Waals surface area contributed by atoms with Crippen LogP contribution in [0.4, 0.5) is 5.69 Å². The summed E-state index contributed by atoms with van der Waals surface area (Å²) in [7, 11) is -2.10. The Morgan fingerprint density at radius 1 is 1.05 bits per heavy atom. The van der Waals surface area contributed by atoms with E-state index < -0.39 is 10.0 Å². The van der Waals surface area contributed by atoms with Gasteiger partial charge in [0.25, 0.3) is 10.0 Å². The molecule has 0 heterocycles. The van der Waals surface area contributed by atoms with E-state index in [1.54, 1.807) is 18.2 Å². The molecule has 0 fully saturated rings. The Bertz CT molecular complexity index is 752. The first-order valence-electron chi connectivity index (χ1n) is 6.26. The molecule has 0 aliphatic carbocycles. The van der Waals surface area contributed by atoms with Crippen LogP contribution in [0.25, 0.3) is 0 Å². The van der Waals surface area contributed by atoms with E-state index in [4.69, 9.17) is 4.74 Å². The average Bonchev–Trinajstić information content (AvgIpc) is 2.36. The summed E-state index contributed by atoms with van der Waals surface area (Å²) in [6, 6.07) is 10.2. The number of ether oxygens (including phenoxy) is 1. The first kappa shape index (κ1) is 15.9. The highest BCUT2D eigenvalue weighted by Gasteiger charge is 2.16. The second-order valence-corrected chi connectivity index (χ2v) is 7.31. The van der Waals surface area contributed by atoms with E-state index in [0.717, 1.165) is 11.1 Å². The van der Waals surface area contributed by atoms with Gasteiger partial charge >= 0.3 is 0 Å². The van der Waals surface area contributed by atoms with Gasteiger partial charge in [-0.15, -0.1) is 0 Å². The topological polar surface area (TPSA) is 55.4 Å². The van der Waals surface area contributed by atoms with Gasteiger partial charge in [0, 0.05) is 5.69 Å². The van der Waals surface area contributed by atoms with E-state index in [0.29, 0.717) is 15.9 Å². The van der Waals surface area contributed by atoms with E-state index in [1.165, 1.54) is 19.2 Å². The summed E-state index contributed by atoms with van der Waals surface area (Å²) in [6.07, 6.45) is 0. The van der Waals surface area contributed by atoms with Crippen LogP contribution >= 0.6 is 15.9 Å². The van der Waals surface area contributed by atoms with Gasteiger partial charge in [0.05, 0.1) is 16.5 Å². The zero-order valence-electron chi connectivity index (χ0n) is 12.0. The van der Waals surface area contributed by atoms with Gasteiger partial charge in [0.15, 0.2) is 0 Å². The van der Waals surface area contributed by atoms with Crippen LogP contribution in [-0.2, 0) is 10.0 Å². The number of rotatable bonds is 4. The standard InChI is InChI=1S/C15H16BrNO3S/c1-10-6-11(2)8-12(7-10)17-21(18,19)13-4-5-15(20-3)14(16)9-13/h4-9,17H,1-3H3. The van der Waals surface area contributed by atoms with Crippen LogP contribution in [0.15, 0.2) is 45.8 Å². The third-order valence-corrected chi connectivity index (χ3v) is 4.91. The number of aryl methyl sites for hydroxylation is 2. The molecule has 0 unspecified atom stereocenters. The highest BCUT2D eigenvalue weighted by atomic mass is 79.9. The molecule has 0 bridgehead atoms. The van der Waals surface area contributed by atoms with Gasteiger partial charge in [-0.1, -0.05) is 6.07 Å². The number of anilines is 1. The summed E-state index contributed by atoms with van der Waals surface area (Å²) in [6.45, 7) is 3.85. The van der Waals surface area contributed by atoms with Crippen LogP contribution in [0.5, 0.6) is 5.75 Å². The maximum Gasteiger partial charge on any atom is 0.261 e. The number of methoxy groups -OCH3 is 1. The second kappa shape index (κ2) is 6.07. The summed E-state index contributed by atoms with van der Waals surface area (Å²) in [5, 5.41) is 0. The molecule has 0 aliphatic heterocycles. The molecule has 0 spiro atoms. The molecule has 0 aliphatic rings. The van der Waals surface area contributed by atoms with Gasteiger partial charge in [-0.2, -0.15) is 0 Å². The van der Waals surface area contributed by atoms with E-state index in [-0.39, 0.29) is 4.90 Å². The van der Waals surface area contributed by atoms with Crippen LogP contribution in [0.1, 0.15) is 11.1 Å². The Labute approximate surface area is 133 Å². The highest BCUT2D eigenvalue weighted by molar-refractivity contribution is 9.10. The van der Waals surface area contributed by atoms with Crippen molar-refractivity contribution < 1.29 is 13.2 Å². The zero-order chi connectivity index (χ0) is 15.6. The van der Waals surface area contributed by atoms with E-state index in [9.17, 15) is 8.42 Å². The third kappa shape index (κ3) is 3.77. The smallest absolute Gasteiger partial charge is 0.261 e. The van der Waals surface area contributed by atoms with Crippen molar-refractivity contribution in [2.75, 3.05) is 11.8 Å². The summed E-state index contributed by atoms with van der Waals surface area (Å²) in [5.74, 6) is 0.584. The lowest BCUT2D eigenvalue weighted by atomic mass is 10.1. The Morgan fingerprint density at radius 3 is 2.19 bits per heavy atom. The molecule has 0 amide bonds. The van der Waals surface area contributed by atoms with E-state index in [2.05, 4.69) is 20.7 Å². The lowest BCUT2D eigenvalue weighted by molar-refractivity contribution is 0.411. The number of hydrogen-bond donors (Lipinski definition) is 1. The second-order valence-electron chi connectivity index (χ2n) is 4.78. The maximum atomic E-state index is 12.4. The van der Waals surface area contributed by atoms with Crippen molar-refractivity contribution in [3.05, 3.63) is 52.0 Å². The number of nitrogens with one attached hydrogen (secondary N) is 1. The number of sulfonamides is 1. The summed E-state index contributed by atoms with van der Waals surface area (Å²) < 4.78 is 33.1. The molecule has 2 rings (SSSR count). The van der Waals surface area contributed by atoms with Gasteiger partial charge in [0.1, 0.15) is 5.75 Å². The Morgan fingerprint density at radius 2 is 1.67 bits per heavy atom. The lowest BCUT2D eigenvalue weighted by Crippen LogP contribution is -2.13. The lowest BCUT2D eigenvalue weighted by Gasteiger charge is -2.11. The molecule has 2 aromatic rings. The molecule has 6 heteroatoms. The van der Waals surface area contributed by atoms with Crippen molar-refractivity contribution in [1.82, 2.24) is 0 Å². The molecule has 0 radical (unpaired) electrons. The Balaban J connectivity index is 2.36. The van der Waals surface area contributed by atoms with Gasteiger partial charge in [-0.25, -0.2) is 8.42 Å². The molecule has 0 saturated carbocycles. The van der Waals surface area contributed by atoms with Gasteiger partial charge in [-0.05, 0) is 71.2 Å². The highest BCUT2D eigenvalue weighted by Crippen LogP contribution is 2.28. The van der Waals surface area contributed by atoms with Crippen LogP contribution in [0, 0.1) is 13.8 Å². The number of benzene rings is 2. The van der Waals surface area contributed by atoms with Crippen LogP contribution in [-0.4, -0.2) is 15.5 Å². The van der Waals surface area contributed by atoms with Gasteiger partial charge in [-0.3, -0.25) is 4.72 Å². The van der Waals surface area contributed by atoms with Crippen LogP contribution < -0.4 is 9.46 Å². The molecule has 0 atom stereocenters. The van der Waals surface area contributed by atoms with E-state index in [1.807, 2.05) is 19.9 Å². The summed E-state index contributed by atoms with van der Waals surface area (Å²) in [4.78, 5) is 0.175. The minimum Gasteiger partial charge on any atom is -0.496 e. The number of halogens is 1.